The predicted octanol–water partition coefficient (Wildman–Crippen LogP) is 2.30. The van der Waals surface area contributed by atoms with Gasteiger partial charge in [0.1, 0.15) is 0 Å². The van der Waals surface area contributed by atoms with Crippen LogP contribution in [-0.4, -0.2) is 34.7 Å². The molecule has 0 saturated carbocycles. The van der Waals surface area contributed by atoms with Crippen molar-refractivity contribution >= 4 is 0 Å². The van der Waals surface area contributed by atoms with Crippen molar-refractivity contribution in [1.82, 2.24) is 9.88 Å². The number of alkyl halides is 3. The molecule has 0 aliphatic carbocycles. The van der Waals surface area contributed by atoms with Gasteiger partial charge in [0.25, 0.3) is 0 Å². The molecule has 0 radical (unpaired) electrons. The molecule has 0 aromatic carbocycles. The summed E-state index contributed by atoms with van der Waals surface area (Å²) in [5.74, 6) is 0. The molecule has 1 heterocycles. The zero-order valence-electron chi connectivity index (χ0n) is 10.2. The van der Waals surface area contributed by atoms with Crippen LogP contribution < -0.4 is 0 Å². The molecule has 0 saturated heterocycles. The van der Waals surface area contributed by atoms with Gasteiger partial charge in [-0.25, -0.2) is 0 Å². The van der Waals surface area contributed by atoms with Crippen molar-refractivity contribution in [1.29, 1.82) is 0 Å². The first kappa shape index (κ1) is 14.9. The molecule has 102 valence electrons. The summed E-state index contributed by atoms with van der Waals surface area (Å²) in [4.78, 5) is 5.57. The minimum Gasteiger partial charge on any atom is -0.395 e. The van der Waals surface area contributed by atoms with Gasteiger partial charge in [-0.15, -0.1) is 0 Å². The summed E-state index contributed by atoms with van der Waals surface area (Å²) in [6.45, 7) is 2.95. The van der Waals surface area contributed by atoms with E-state index in [2.05, 4.69) is 4.98 Å². The number of aromatic nitrogens is 1. The standard InChI is InChI=1S/C12H17F3N2O/c1-2-6-17(7-8-18)9-11-10(12(13,14)15)4-3-5-16-11/h3-5,18H,2,6-9H2,1H3. The van der Waals surface area contributed by atoms with E-state index in [0.717, 1.165) is 12.5 Å². The lowest BCUT2D eigenvalue weighted by Gasteiger charge is -2.21. The molecule has 0 amide bonds. The first-order valence-electron chi connectivity index (χ1n) is 5.83. The van der Waals surface area contributed by atoms with Crippen LogP contribution in [0, 0.1) is 0 Å². The van der Waals surface area contributed by atoms with Crippen molar-refractivity contribution in [3.05, 3.63) is 29.6 Å². The summed E-state index contributed by atoms with van der Waals surface area (Å²) in [7, 11) is 0. The van der Waals surface area contributed by atoms with Gasteiger partial charge in [-0.2, -0.15) is 13.2 Å². The molecular weight excluding hydrogens is 245 g/mol. The molecule has 1 aromatic heterocycles. The van der Waals surface area contributed by atoms with Crippen molar-refractivity contribution in [3.8, 4) is 0 Å². The Balaban J connectivity index is 2.88. The smallest absolute Gasteiger partial charge is 0.395 e. The molecule has 0 fully saturated rings. The largest absolute Gasteiger partial charge is 0.418 e. The maximum Gasteiger partial charge on any atom is 0.418 e. The van der Waals surface area contributed by atoms with Crippen molar-refractivity contribution < 1.29 is 18.3 Å². The van der Waals surface area contributed by atoms with Crippen LogP contribution in [0.1, 0.15) is 24.6 Å². The first-order valence-corrected chi connectivity index (χ1v) is 5.83. The molecule has 0 atom stereocenters. The molecule has 0 bridgehead atoms. The summed E-state index contributed by atoms with van der Waals surface area (Å²) in [6, 6.07) is 2.31. The van der Waals surface area contributed by atoms with E-state index in [-0.39, 0.29) is 18.8 Å². The van der Waals surface area contributed by atoms with Gasteiger partial charge in [0.05, 0.1) is 17.9 Å². The Morgan fingerprint density at radius 2 is 2.06 bits per heavy atom. The lowest BCUT2D eigenvalue weighted by Crippen LogP contribution is -2.29. The highest BCUT2D eigenvalue weighted by atomic mass is 19.4. The third-order valence-electron chi connectivity index (χ3n) is 2.53. The summed E-state index contributed by atoms with van der Waals surface area (Å²) in [5, 5.41) is 8.89. The SMILES string of the molecule is CCCN(CCO)Cc1ncccc1C(F)(F)F. The number of pyridine rings is 1. The Morgan fingerprint density at radius 1 is 1.33 bits per heavy atom. The van der Waals surface area contributed by atoms with Gasteiger partial charge in [-0.1, -0.05) is 6.92 Å². The molecule has 1 aromatic rings. The topological polar surface area (TPSA) is 36.4 Å². The van der Waals surface area contributed by atoms with E-state index in [1.54, 1.807) is 4.90 Å². The van der Waals surface area contributed by atoms with Crippen molar-refractivity contribution in [2.24, 2.45) is 0 Å². The number of aliphatic hydroxyl groups is 1. The van der Waals surface area contributed by atoms with Crippen LogP contribution >= 0.6 is 0 Å². The van der Waals surface area contributed by atoms with Gasteiger partial charge in [-0.3, -0.25) is 9.88 Å². The third kappa shape index (κ3) is 4.27. The van der Waals surface area contributed by atoms with Crippen LogP contribution in [0.25, 0.3) is 0 Å². The van der Waals surface area contributed by atoms with Gasteiger partial charge in [0.2, 0.25) is 0 Å². The van der Waals surface area contributed by atoms with E-state index < -0.39 is 11.7 Å². The monoisotopic (exact) mass is 262 g/mol. The molecule has 0 unspecified atom stereocenters. The van der Waals surface area contributed by atoms with Crippen LogP contribution in [0.3, 0.4) is 0 Å². The minimum absolute atomic E-state index is 0.00639. The van der Waals surface area contributed by atoms with Crippen molar-refractivity contribution in [3.63, 3.8) is 0 Å². The number of rotatable bonds is 6. The molecule has 0 aliphatic rings. The van der Waals surface area contributed by atoms with E-state index in [4.69, 9.17) is 5.11 Å². The molecule has 1 N–H and O–H groups in total. The second kappa shape index (κ2) is 6.70. The number of hydrogen-bond acceptors (Lipinski definition) is 3. The molecule has 1 rings (SSSR count). The Kier molecular flexibility index (Phi) is 5.55. The summed E-state index contributed by atoms with van der Waals surface area (Å²) in [5.41, 5.74) is -0.698. The summed E-state index contributed by atoms with van der Waals surface area (Å²) < 4.78 is 38.3. The van der Waals surface area contributed by atoms with Gasteiger partial charge >= 0.3 is 6.18 Å². The fourth-order valence-corrected chi connectivity index (χ4v) is 1.76. The van der Waals surface area contributed by atoms with Gasteiger partial charge in [0.15, 0.2) is 0 Å². The Morgan fingerprint density at radius 3 is 2.61 bits per heavy atom. The van der Waals surface area contributed by atoms with Gasteiger partial charge in [0, 0.05) is 19.3 Å². The number of nitrogens with zero attached hydrogens (tertiary/aromatic N) is 2. The normalized spacial score (nSPS) is 12.1. The summed E-state index contributed by atoms with van der Waals surface area (Å²) in [6.07, 6.45) is -2.22. The maximum absolute atomic E-state index is 12.8. The van der Waals surface area contributed by atoms with E-state index in [1.807, 2.05) is 6.92 Å². The fraction of sp³-hybridized carbons (Fsp3) is 0.583. The molecule has 0 aliphatic heterocycles. The van der Waals surface area contributed by atoms with Crippen LogP contribution in [0.5, 0.6) is 0 Å². The molecule has 18 heavy (non-hydrogen) atoms. The minimum atomic E-state index is -4.39. The van der Waals surface area contributed by atoms with E-state index in [1.165, 1.54) is 12.3 Å². The molecule has 3 nitrogen and oxygen atoms in total. The Hall–Kier alpha value is -1.14. The quantitative estimate of drug-likeness (QED) is 0.854. The average Bonchev–Trinajstić information content (AvgIpc) is 2.29. The maximum atomic E-state index is 12.8. The highest BCUT2D eigenvalue weighted by molar-refractivity contribution is 5.22. The van der Waals surface area contributed by atoms with E-state index in [9.17, 15) is 13.2 Å². The zero-order chi connectivity index (χ0) is 13.6. The van der Waals surface area contributed by atoms with Crippen LogP contribution in [-0.2, 0) is 12.7 Å². The lowest BCUT2D eigenvalue weighted by atomic mass is 10.1. The van der Waals surface area contributed by atoms with Crippen molar-refractivity contribution in [2.45, 2.75) is 26.1 Å². The first-order chi connectivity index (χ1) is 8.49. The number of hydrogen-bond donors (Lipinski definition) is 1. The average molecular weight is 262 g/mol. The van der Waals surface area contributed by atoms with E-state index >= 15 is 0 Å². The lowest BCUT2D eigenvalue weighted by molar-refractivity contribution is -0.138. The highest BCUT2D eigenvalue weighted by Gasteiger charge is 2.34. The third-order valence-corrected chi connectivity index (χ3v) is 2.53. The molecule has 6 heteroatoms. The predicted molar refractivity (Wildman–Crippen MR) is 61.9 cm³/mol. The second-order valence-electron chi connectivity index (χ2n) is 4.00. The Labute approximate surface area is 104 Å². The molecular formula is C12H17F3N2O. The van der Waals surface area contributed by atoms with Crippen LogP contribution in [0.15, 0.2) is 18.3 Å². The van der Waals surface area contributed by atoms with Gasteiger partial charge < -0.3 is 5.11 Å². The number of aliphatic hydroxyl groups excluding tert-OH is 1. The van der Waals surface area contributed by atoms with Gasteiger partial charge in [-0.05, 0) is 25.1 Å². The second-order valence-corrected chi connectivity index (χ2v) is 4.00. The summed E-state index contributed by atoms with van der Waals surface area (Å²) >= 11 is 0. The Bertz CT molecular complexity index is 363. The number of halogens is 3. The fourth-order valence-electron chi connectivity index (χ4n) is 1.76. The molecule has 0 spiro atoms. The zero-order valence-corrected chi connectivity index (χ0v) is 10.2. The highest BCUT2D eigenvalue weighted by Crippen LogP contribution is 2.31. The van der Waals surface area contributed by atoms with Crippen LogP contribution in [0.2, 0.25) is 0 Å². The van der Waals surface area contributed by atoms with E-state index in [0.29, 0.717) is 13.1 Å². The van der Waals surface area contributed by atoms with Crippen LogP contribution in [0.4, 0.5) is 13.2 Å². The van der Waals surface area contributed by atoms with Crippen molar-refractivity contribution in [2.75, 3.05) is 19.7 Å².